The van der Waals surface area contributed by atoms with Gasteiger partial charge in [-0.1, -0.05) is 18.2 Å². The number of phenols is 1. The summed E-state index contributed by atoms with van der Waals surface area (Å²) in [6, 6.07) is 13.5. The van der Waals surface area contributed by atoms with Crippen LogP contribution in [0.3, 0.4) is 0 Å². The Kier molecular flexibility index (Phi) is 5.03. The molecular weight excluding hydrogens is 378 g/mol. The number of hydrogen-bond acceptors (Lipinski definition) is 4. The summed E-state index contributed by atoms with van der Waals surface area (Å²) in [4.78, 5) is 12.3. The van der Waals surface area contributed by atoms with Gasteiger partial charge in [-0.3, -0.25) is 4.79 Å². The number of ether oxygens (including phenoxy) is 1. The van der Waals surface area contributed by atoms with Crippen molar-refractivity contribution in [3.05, 3.63) is 77.4 Å². The molecule has 4 rings (SSSR count). The molecule has 0 radical (unpaired) electrons. The minimum absolute atomic E-state index is 0.0326. The highest BCUT2D eigenvalue weighted by atomic mass is 19.1. The Morgan fingerprint density at radius 2 is 1.76 bits per heavy atom. The molecule has 0 spiro atoms. The highest BCUT2D eigenvalue weighted by Gasteiger charge is 2.17. The van der Waals surface area contributed by atoms with E-state index in [0.29, 0.717) is 22.4 Å². The third kappa shape index (κ3) is 3.85. The zero-order valence-corrected chi connectivity index (χ0v) is 15.3. The minimum Gasteiger partial charge on any atom is -0.508 e. The lowest BCUT2D eigenvalue weighted by Gasteiger charge is -2.14. The van der Waals surface area contributed by atoms with Crippen molar-refractivity contribution in [2.45, 2.75) is 6.54 Å². The van der Waals surface area contributed by atoms with E-state index >= 15 is 0 Å². The molecule has 3 N–H and O–H groups in total. The first kappa shape index (κ1) is 18.7. The van der Waals surface area contributed by atoms with Gasteiger partial charge < -0.3 is 20.5 Å². The molecule has 0 saturated carbocycles. The summed E-state index contributed by atoms with van der Waals surface area (Å²) in [6.45, 7) is 0.452. The molecule has 0 aliphatic carbocycles. The van der Waals surface area contributed by atoms with Crippen molar-refractivity contribution in [2.75, 3.05) is 18.5 Å². The van der Waals surface area contributed by atoms with Crippen molar-refractivity contribution >= 4 is 11.6 Å². The lowest BCUT2D eigenvalue weighted by atomic mass is 10.0. The molecule has 5 nitrogen and oxygen atoms in total. The number of carbonyl (C=O) groups is 1. The molecule has 29 heavy (non-hydrogen) atoms. The molecule has 4 bridgehead atoms. The Morgan fingerprint density at radius 1 is 0.931 bits per heavy atom. The van der Waals surface area contributed by atoms with Crippen molar-refractivity contribution in [2.24, 2.45) is 0 Å². The summed E-state index contributed by atoms with van der Waals surface area (Å²) in [5.41, 5.74) is 1.49. The van der Waals surface area contributed by atoms with Crippen molar-refractivity contribution in [1.29, 1.82) is 0 Å². The van der Waals surface area contributed by atoms with Crippen LogP contribution in [0.15, 0.2) is 54.6 Å². The van der Waals surface area contributed by atoms with Crippen LogP contribution in [-0.4, -0.2) is 24.2 Å². The Hall–Kier alpha value is -3.61. The van der Waals surface area contributed by atoms with Crippen molar-refractivity contribution in [1.82, 2.24) is 5.32 Å². The topological polar surface area (TPSA) is 70.6 Å². The van der Waals surface area contributed by atoms with E-state index in [-0.39, 0.29) is 42.6 Å². The Morgan fingerprint density at radius 3 is 2.62 bits per heavy atom. The van der Waals surface area contributed by atoms with Gasteiger partial charge in [0.15, 0.2) is 0 Å². The van der Waals surface area contributed by atoms with Gasteiger partial charge in [-0.25, -0.2) is 8.78 Å². The summed E-state index contributed by atoms with van der Waals surface area (Å²) < 4.78 is 34.6. The zero-order chi connectivity index (χ0) is 20.4. The number of rotatable bonds is 0. The largest absolute Gasteiger partial charge is 0.508 e. The molecular formula is C22H18F2N2O3. The van der Waals surface area contributed by atoms with Crippen LogP contribution < -0.4 is 15.4 Å². The van der Waals surface area contributed by atoms with Crippen molar-refractivity contribution < 1.29 is 23.4 Å². The number of benzene rings is 3. The number of anilines is 1. The van der Waals surface area contributed by atoms with E-state index in [9.17, 15) is 18.7 Å². The average molecular weight is 396 g/mol. The van der Waals surface area contributed by atoms with Crippen LogP contribution in [0.5, 0.6) is 11.5 Å². The van der Waals surface area contributed by atoms with Crippen molar-refractivity contribution in [3.63, 3.8) is 0 Å². The maximum absolute atomic E-state index is 14.6. The highest BCUT2D eigenvalue weighted by Crippen LogP contribution is 2.35. The molecule has 3 aromatic carbocycles. The number of hydrogen-bond donors (Lipinski definition) is 3. The number of amides is 1. The summed E-state index contributed by atoms with van der Waals surface area (Å²) in [6.07, 6.45) is 0. The van der Waals surface area contributed by atoms with Gasteiger partial charge in [0, 0.05) is 34.9 Å². The molecule has 0 atom stereocenters. The fourth-order valence-electron chi connectivity index (χ4n) is 3.19. The number of carbonyl (C=O) groups excluding carboxylic acids is 1. The first-order valence-corrected chi connectivity index (χ1v) is 9.08. The number of phenolic OH excluding ortho intramolecular Hbond substituents is 1. The Balaban J connectivity index is 1.80. The van der Waals surface area contributed by atoms with Gasteiger partial charge in [0.25, 0.3) is 5.91 Å². The monoisotopic (exact) mass is 396 g/mol. The van der Waals surface area contributed by atoms with E-state index in [1.54, 1.807) is 24.3 Å². The number of nitrogens with one attached hydrogen (secondary N) is 2. The first-order valence-electron chi connectivity index (χ1n) is 9.08. The third-order valence-electron chi connectivity index (χ3n) is 4.69. The van der Waals surface area contributed by atoms with E-state index in [1.165, 1.54) is 24.3 Å². The Labute approximate surface area is 165 Å². The molecule has 3 aromatic rings. The van der Waals surface area contributed by atoms with E-state index in [2.05, 4.69) is 10.6 Å². The molecule has 0 aromatic heterocycles. The van der Waals surface area contributed by atoms with Gasteiger partial charge in [0.2, 0.25) is 0 Å². The quantitative estimate of drug-likeness (QED) is 0.536. The van der Waals surface area contributed by atoms with Gasteiger partial charge in [0.05, 0.1) is 12.2 Å². The van der Waals surface area contributed by atoms with Crippen LogP contribution in [0.4, 0.5) is 14.5 Å². The summed E-state index contributed by atoms with van der Waals surface area (Å²) in [5, 5.41) is 15.7. The standard InChI is InChI=1S/C22H18F2N2O3/c23-17-11-18(24)19-10-16(17)15-3-1-2-4-21(15)29-8-7-25-22(28)13-5-6-20(27)14(9-13)12-26-19/h1-6,9-11,26-27H,7-8,12H2,(H,25,28). The fourth-order valence-corrected chi connectivity index (χ4v) is 3.19. The molecule has 148 valence electrons. The van der Waals surface area contributed by atoms with Gasteiger partial charge in [-0.2, -0.15) is 0 Å². The second-order valence-corrected chi connectivity index (χ2v) is 6.61. The normalized spacial score (nSPS) is 13.8. The van der Waals surface area contributed by atoms with Crippen molar-refractivity contribution in [3.8, 4) is 22.6 Å². The van der Waals surface area contributed by atoms with E-state index < -0.39 is 11.6 Å². The third-order valence-corrected chi connectivity index (χ3v) is 4.69. The lowest BCUT2D eigenvalue weighted by molar-refractivity contribution is 0.0947. The lowest BCUT2D eigenvalue weighted by Crippen LogP contribution is -2.28. The smallest absolute Gasteiger partial charge is 0.251 e. The molecule has 1 amide bonds. The van der Waals surface area contributed by atoms with Gasteiger partial charge in [0.1, 0.15) is 29.7 Å². The predicted molar refractivity (Wildman–Crippen MR) is 105 cm³/mol. The van der Waals surface area contributed by atoms with E-state index in [4.69, 9.17) is 4.74 Å². The van der Waals surface area contributed by atoms with Crippen LogP contribution in [0.1, 0.15) is 15.9 Å². The zero-order valence-electron chi connectivity index (χ0n) is 15.3. The van der Waals surface area contributed by atoms with Crippen LogP contribution >= 0.6 is 0 Å². The summed E-state index contributed by atoms with van der Waals surface area (Å²) in [7, 11) is 0. The highest BCUT2D eigenvalue weighted by molar-refractivity contribution is 5.94. The summed E-state index contributed by atoms with van der Waals surface area (Å²) in [5.74, 6) is -1.41. The van der Waals surface area contributed by atoms with Crippen LogP contribution in [-0.2, 0) is 6.54 Å². The maximum atomic E-state index is 14.6. The molecule has 0 saturated heterocycles. The molecule has 1 aliphatic heterocycles. The molecule has 7 heteroatoms. The first-order chi connectivity index (χ1) is 14.0. The Bertz CT molecular complexity index is 1090. The summed E-state index contributed by atoms with van der Waals surface area (Å²) >= 11 is 0. The number of para-hydroxylation sites is 1. The number of fused-ring (bicyclic) bond motifs is 6. The second kappa shape index (κ2) is 7.79. The molecule has 0 fully saturated rings. The van der Waals surface area contributed by atoms with E-state index in [0.717, 1.165) is 6.07 Å². The van der Waals surface area contributed by atoms with Gasteiger partial charge >= 0.3 is 0 Å². The van der Waals surface area contributed by atoms with Crippen LogP contribution in [0, 0.1) is 11.6 Å². The molecule has 1 aliphatic rings. The minimum atomic E-state index is -0.762. The molecule has 0 unspecified atom stereocenters. The molecule has 1 heterocycles. The van der Waals surface area contributed by atoms with Crippen LogP contribution in [0.25, 0.3) is 11.1 Å². The predicted octanol–water partition coefficient (Wildman–Crippen LogP) is 4.07. The number of halogens is 2. The fraction of sp³-hybridized carbons (Fsp3) is 0.136. The average Bonchev–Trinajstić information content (AvgIpc) is 2.71. The van der Waals surface area contributed by atoms with E-state index in [1.807, 2.05) is 0 Å². The second-order valence-electron chi connectivity index (χ2n) is 6.61. The SMILES string of the molecule is O=C1NCCOc2ccccc2-c2cc(c(F)cc2F)NCc2cc1ccc2O. The number of aromatic hydroxyl groups is 1. The van der Waals surface area contributed by atoms with Gasteiger partial charge in [-0.15, -0.1) is 0 Å². The van der Waals surface area contributed by atoms with Crippen LogP contribution in [0.2, 0.25) is 0 Å². The maximum Gasteiger partial charge on any atom is 0.251 e. The van der Waals surface area contributed by atoms with Gasteiger partial charge in [-0.05, 0) is 30.3 Å².